The zero-order valence-electron chi connectivity index (χ0n) is 8.38. The molecule has 0 aliphatic heterocycles. The van der Waals surface area contributed by atoms with Gasteiger partial charge < -0.3 is 0 Å². The Balaban J connectivity index is 3.02. The molecule has 0 saturated carbocycles. The van der Waals surface area contributed by atoms with E-state index < -0.39 is 0 Å². The van der Waals surface area contributed by atoms with Gasteiger partial charge in [0.05, 0.1) is 22.8 Å². The Hall–Kier alpha value is -1.09. The minimum Gasteiger partial charge on any atom is -0.294 e. The Labute approximate surface area is 88.4 Å². The van der Waals surface area contributed by atoms with Gasteiger partial charge in [-0.3, -0.25) is 9.48 Å². The molecule has 0 radical (unpaired) electrons. The molecule has 76 valence electrons. The van der Waals surface area contributed by atoms with Crippen molar-refractivity contribution < 1.29 is 4.79 Å². The number of hydrogen-bond donors (Lipinski definition) is 0. The number of halogens is 1. The van der Waals surface area contributed by atoms with E-state index in [1.807, 2.05) is 6.92 Å². The van der Waals surface area contributed by atoms with Crippen LogP contribution >= 0.6 is 11.6 Å². The van der Waals surface area contributed by atoms with Gasteiger partial charge in [-0.15, -0.1) is 0 Å². The molecule has 0 spiro atoms. The summed E-state index contributed by atoms with van der Waals surface area (Å²) in [5.74, 6) is -0.0439. The standard InChI is InChI=1S/C10H13ClN2O/c1-4-7(14)6-9-10(11)8(5-2)12-13(9)3/h4H,1,5-6H2,2-3H3. The lowest BCUT2D eigenvalue weighted by atomic mass is 10.2. The van der Waals surface area contributed by atoms with E-state index in [9.17, 15) is 4.79 Å². The van der Waals surface area contributed by atoms with Crippen LogP contribution in [0.1, 0.15) is 18.3 Å². The predicted octanol–water partition coefficient (Wildman–Crippen LogP) is 1.93. The number of hydrogen-bond acceptors (Lipinski definition) is 2. The van der Waals surface area contributed by atoms with Gasteiger partial charge in [-0.05, 0) is 12.5 Å². The average molecular weight is 213 g/mol. The monoisotopic (exact) mass is 212 g/mol. The Morgan fingerprint density at radius 2 is 2.36 bits per heavy atom. The fraction of sp³-hybridized carbons (Fsp3) is 0.400. The van der Waals surface area contributed by atoms with E-state index in [-0.39, 0.29) is 12.2 Å². The lowest BCUT2D eigenvalue weighted by Crippen LogP contribution is -2.04. The van der Waals surface area contributed by atoms with Gasteiger partial charge in [-0.25, -0.2) is 0 Å². The van der Waals surface area contributed by atoms with Crippen molar-refractivity contribution >= 4 is 17.4 Å². The molecule has 0 aromatic carbocycles. The van der Waals surface area contributed by atoms with Gasteiger partial charge in [0.25, 0.3) is 0 Å². The third-order valence-corrected chi connectivity index (χ3v) is 2.51. The van der Waals surface area contributed by atoms with E-state index in [2.05, 4.69) is 11.7 Å². The highest BCUT2D eigenvalue weighted by Crippen LogP contribution is 2.21. The highest BCUT2D eigenvalue weighted by atomic mass is 35.5. The molecule has 0 amide bonds. The van der Waals surface area contributed by atoms with Crippen molar-refractivity contribution in [3.63, 3.8) is 0 Å². The maximum absolute atomic E-state index is 11.2. The van der Waals surface area contributed by atoms with Gasteiger partial charge in [0.2, 0.25) is 0 Å². The second-order valence-corrected chi connectivity index (χ2v) is 3.41. The maximum Gasteiger partial charge on any atom is 0.161 e. The summed E-state index contributed by atoms with van der Waals surface area (Å²) in [6, 6.07) is 0. The van der Waals surface area contributed by atoms with E-state index in [4.69, 9.17) is 11.6 Å². The molecule has 0 atom stereocenters. The molecule has 0 aliphatic carbocycles. The van der Waals surface area contributed by atoms with Crippen LogP contribution in [0, 0.1) is 0 Å². The number of allylic oxidation sites excluding steroid dienone is 1. The van der Waals surface area contributed by atoms with Gasteiger partial charge in [0.15, 0.2) is 5.78 Å². The van der Waals surface area contributed by atoms with Crippen molar-refractivity contribution in [2.45, 2.75) is 19.8 Å². The second-order valence-electron chi connectivity index (χ2n) is 3.03. The first-order valence-electron chi connectivity index (χ1n) is 4.45. The maximum atomic E-state index is 11.2. The van der Waals surface area contributed by atoms with Gasteiger partial charge in [0, 0.05) is 7.05 Å². The quantitative estimate of drug-likeness (QED) is 0.715. The summed E-state index contributed by atoms with van der Waals surface area (Å²) < 4.78 is 1.66. The van der Waals surface area contributed by atoms with Crippen LogP contribution in [0.15, 0.2) is 12.7 Å². The summed E-state index contributed by atoms with van der Waals surface area (Å²) in [6.45, 7) is 5.40. The Morgan fingerprint density at radius 3 is 2.79 bits per heavy atom. The second kappa shape index (κ2) is 4.42. The Kier molecular flexibility index (Phi) is 3.47. The first kappa shape index (κ1) is 11.0. The van der Waals surface area contributed by atoms with Crippen molar-refractivity contribution in [2.24, 2.45) is 7.05 Å². The van der Waals surface area contributed by atoms with E-state index in [0.29, 0.717) is 5.02 Å². The fourth-order valence-corrected chi connectivity index (χ4v) is 1.61. The van der Waals surface area contributed by atoms with Crippen LogP contribution in [0.2, 0.25) is 5.02 Å². The number of aromatic nitrogens is 2. The zero-order chi connectivity index (χ0) is 10.7. The third-order valence-electron chi connectivity index (χ3n) is 2.07. The third kappa shape index (κ3) is 2.04. The molecule has 0 fully saturated rings. The van der Waals surface area contributed by atoms with Crippen LogP contribution in [0.25, 0.3) is 0 Å². The highest BCUT2D eigenvalue weighted by molar-refractivity contribution is 6.32. The lowest BCUT2D eigenvalue weighted by molar-refractivity contribution is -0.114. The van der Waals surface area contributed by atoms with E-state index in [1.165, 1.54) is 6.08 Å². The first-order valence-corrected chi connectivity index (χ1v) is 4.83. The molecule has 0 N–H and O–H groups in total. The number of carbonyl (C=O) groups is 1. The largest absolute Gasteiger partial charge is 0.294 e. The Bertz CT molecular complexity index is 368. The summed E-state index contributed by atoms with van der Waals surface area (Å²) in [5.41, 5.74) is 1.59. The number of carbonyl (C=O) groups excluding carboxylic acids is 1. The zero-order valence-corrected chi connectivity index (χ0v) is 9.14. The van der Waals surface area contributed by atoms with Gasteiger partial charge in [0.1, 0.15) is 0 Å². The van der Waals surface area contributed by atoms with E-state index in [1.54, 1.807) is 11.7 Å². The normalized spacial score (nSPS) is 10.2. The summed E-state index contributed by atoms with van der Waals surface area (Å²) in [7, 11) is 1.79. The topological polar surface area (TPSA) is 34.9 Å². The molecule has 3 nitrogen and oxygen atoms in total. The summed E-state index contributed by atoms with van der Waals surface area (Å²) in [5, 5.41) is 4.82. The molecule has 1 aromatic heterocycles. The van der Waals surface area contributed by atoms with E-state index >= 15 is 0 Å². The van der Waals surface area contributed by atoms with Crippen LogP contribution in [0.3, 0.4) is 0 Å². The minimum atomic E-state index is -0.0439. The smallest absolute Gasteiger partial charge is 0.161 e. The average Bonchev–Trinajstić information content (AvgIpc) is 2.44. The molecule has 0 saturated heterocycles. The first-order chi connectivity index (χ1) is 6.60. The van der Waals surface area contributed by atoms with Crippen LogP contribution in [0.5, 0.6) is 0 Å². The van der Waals surface area contributed by atoms with Gasteiger partial charge in [-0.2, -0.15) is 5.10 Å². The lowest BCUT2D eigenvalue weighted by Gasteiger charge is -1.98. The summed E-state index contributed by atoms with van der Waals surface area (Å²) in [6.07, 6.45) is 2.34. The summed E-state index contributed by atoms with van der Waals surface area (Å²) >= 11 is 6.06. The van der Waals surface area contributed by atoms with Crippen molar-refractivity contribution in [1.82, 2.24) is 9.78 Å². The van der Waals surface area contributed by atoms with Crippen LogP contribution < -0.4 is 0 Å². The molecule has 0 bridgehead atoms. The Morgan fingerprint density at radius 1 is 1.71 bits per heavy atom. The SMILES string of the molecule is C=CC(=O)Cc1c(Cl)c(CC)nn1C. The van der Waals surface area contributed by atoms with Crippen molar-refractivity contribution in [3.8, 4) is 0 Å². The molecule has 0 aliphatic rings. The molecule has 4 heteroatoms. The van der Waals surface area contributed by atoms with Gasteiger partial charge >= 0.3 is 0 Å². The highest BCUT2D eigenvalue weighted by Gasteiger charge is 2.14. The van der Waals surface area contributed by atoms with Crippen LogP contribution in [-0.2, 0) is 24.7 Å². The van der Waals surface area contributed by atoms with Crippen LogP contribution in [-0.4, -0.2) is 15.6 Å². The van der Waals surface area contributed by atoms with Crippen molar-refractivity contribution in [2.75, 3.05) is 0 Å². The minimum absolute atomic E-state index is 0.0439. The number of aryl methyl sites for hydroxylation is 2. The van der Waals surface area contributed by atoms with Crippen molar-refractivity contribution in [3.05, 3.63) is 29.1 Å². The number of ketones is 1. The molecule has 0 unspecified atom stereocenters. The number of nitrogens with zero attached hydrogens (tertiary/aromatic N) is 2. The molecule has 1 aromatic rings. The number of rotatable bonds is 4. The molecule has 1 heterocycles. The molecular weight excluding hydrogens is 200 g/mol. The van der Waals surface area contributed by atoms with Crippen LogP contribution in [0.4, 0.5) is 0 Å². The van der Waals surface area contributed by atoms with Gasteiger partial charge in [-0.1, -0.05) is 25.1 Å². The summed E-state index contributed by atoms with van der Waals surface area (Å²) in [4.78, 5) is 11.2. The predicted molar refractivity (Wildman–Crippen MR) is 56.5 cm³/mol. The van der Waals surface area contributed by atoms with E-state index in [0.717, 1.165) is 17.8 Å². The van der Waals surface area contributed by atoms with Crippen molar-refractivity contribution in [1.29, 1.82) is 0 Å². The molecule has 14 heavy (non-hydrogen) atoms. The molecular formula is C10H13ClN2O. The molecule has 1 rings (SSSR count). The fourth-order valence-electron chi connectivity index (χ4n) is 1.25.